The van der Waals surface area contributed by atoms with Crippen LogP contribution in [0.1, 0.15) is 17.2 Å². The normalized spacial score (nSPS) is 18.6. The molecule has 0 unspecified atom stereocenters. The maximum atomic E-state index is 12.4. The van der Waals surface area contributed by atoms with E-state index in [1.165, 1.54) is 0 Å². The number of ketones is 1. The summed E-state index contributed by atoms with van der Waals surface area (Å²) < 4.78 is 32.8. The average molecular weight is 402 g/mol. The second-order valence-corrected chi connectivity index (χ2v) is 6.62. The van der Waals surface area contributed by atoms with Crippen LogP contribution in [0.4, 0.5) is 0 Å². The summed E-state index contributed by atoms with van der Waals surface area (Å²) in [6.45, 7) is 0.679. The number of carbonyl (C=O) groups excluding carboxylic acids is 1. The zero-order valence-electron chi connectivity index (χ0n) is 17.1. The Labute approximate surface area is 170 Å². The SMILES string of the molecule is COc1ccc(COC[C@H]2C(=O)CO[C@@H]2c2ccc(OC)c(OC)c2)cc1OC. The third-order valence-electron chi connectivity index (χ3n) is 4.93. The molecule has 156 valence electrons. The first kappa shape index (κ1) is 21.0. The van der Waals surface area contributed by atoms with Gasteiger partial charge in [-0.15, -0.1) is 0 Å². The fraction of sp³-hybridized carbons (Fsp3) is 0.409. The number of benzene rings is 2. The van der Waals surface area contributed by atoms with Gasteiger partial charge in [0, 0.05) is 0 Å². The Morgan fingerprint density at radius 3 is 2.14 bits per heavy atom. The summed E-state index contributed by atoms with van der Waals surface area (Å²) in [5, 5.41) is 0. The number of hydrogen-bond donors (Lipinski definition) is 0. The summed E-state index contributed by atoms with van der Waals surface area (Å²) in [7, 11) is 6.34. The minimum Gasteiger partial charge on any atom is -0.493 e. The molecule has 29 heavy (non-hydrogen) atoms. The quantitative estimate of drug-likeness (QED) is 0.638. The van der Waals surface area contributed by atoms with Crippen LogP contribution in [-0.2, 0) is 20.9 Å². The Morgan fingerprint density at radius 2 is 1.48 bits per heavy atom. The van der Waals surface area contributed by atoms with E-state index in [0.29, 0.717) is 29.6 Å². The molecule has 2 aromatic carbocycles. The molecule has 0 aromatic heterocycles. The predicted octanol–water partition coefficient (Wildman–Crippen LogP) is 3.19. The first-order chi connectivity index (χ1) is 14.1. The zero-order valence-corrected chi connectivity index (χ0v) is 17.1. The van der Waals surface area contributed by atoms with Gasteiger partial charge < -0.3 is 28.4 Å². The van der Waals surface area contributed by atoms with Crippen LogP contribution >= 0.6 is 0 Å². The van der Waals surface area contributed by atoms with Crippen LogP contribution < -0.4 is 18.9 Å². The van der Waals surface area contributed by atoms with Crippen molar-refractivity contribution in [3.05, 3.63) is 47.5 Å². The van der Waals surface area contributed by atoms with E-state index in [-0.39, 0.29) is 31.0 Å². The van der Waals surface area contributed by atoms with Gasteiger partial charge in [-0.05, 0) is 35.4 Å². The molecule has 1 aliphatic heterocycles. The number of ether oxygens (including phenoxy) is 6. The second kappa shape index (κ2) is 9.62. The van der Waals surface area contributed by atoms with Gasteiger partial charge in [0.25, 0.3) is 0 Å². The van der Waals surface area contributed by atoms with Crippen LogP contribution in [0, 0.1) is 5.92 Å². The third kappa shape index (κ3) is 4.63. The first-order valence-electron chi connectivity index (χ1n) is 9.26. The molecule has 1 heterocycles. The molecule has 1 aliphatic rings. The molecule has 0 spiro atoms. The summed E-state index contributed by atoms with van der Waals surface area (Å²) >= 11 is 0. The van der Waals surface area contributed by atoms with E-state index in [9.17, 15) is 4.79 Å². The monoisotopic (exact) mass is 402 g/mol. The summed E-state index contributed by atoms with van der Waals surface area (Å²) in [4.78, 5) is 12.4. The summed E-state index contributed by atoms with van der Waals surface area (Å²) in [6, 6.07) is 11.1. The molecule has 7 nitrogen and oxygen atoms in total. The molecule has 0 bridgehead atoms. The zero-order chi connectivity index (χ0) is 20.8. The summed E-state index contributed by atoms with van der Waals surface area (Å²) in [5.41, 5.74) is 1.78. The highest BCUT2D eigenvalue weighted by molar-refractivity contribution is 5.85. The number of carbonyl (C=O) groups is 1. The standard InChI is InChI=1S/C22H26O7/c1-24-18-7-5-14(9-20(18)26-3)11-28-12-16-17(23)13-29-22(16)15-6-8-19(25-2)21(10-15)27-4/h5-10,16,22H,11-13H2,1-4H3/t16-,22+/m0/s1. The van der Waals surface area contributed by atoms with Crippen molar-refractivity contribution in [2.45, 2.75) is 12.7 Å². The molecule has 7 heteroatoms. The largest absolute Gasteiger partial charge is 0.493 e. The van der Waals surface area contributed by atoms with Gasteiger partial charge in [-0.3, -0.25) is 4.79 Å². The van der Waals surface area contributed by atoms with Gasteiger partial charge in [0.1, 0.15) is 6.61 Å². The van der Waals surface area contributed by atoms with E-state index >= 15 is 0 Å². The number of methoxy groups -OCH3 is 4. The topological polar surface area (TPSA) is 72.5 Å². The van der Waals surface area contributed by atoms with Gasteiger partial charge in [-0.25, -0.2) is 0 Å². The molecule has 1 fully saturated rings. The van der Waals surface area contributed by atoms with Crippen molar-refractivity contribution < 1.29 is 33.2 Å². The fourth-order valence-corrected chi connectivity index (χ4v) is 3.38. The minimum absolute atomic E-state index is 0.0251. The third-order valence-corrected chi connectivity index (χ3v) is 4.93. The lowest BCUT2D eigenvalue weighted by molar-refractivity contribution is -0.122. The van der Waals surface area contributed by atoms with Gasteiger partial charge in [0.15, 0.2) is 28.8 Å². The highest BCUT2D eigenvalue weighted by atomic mass is 16.5. The van der Waals surface area contributed by atoms with E-state index < -0.39 is 0 Å². The van der Waals surface area contributed by atoms with Crippen LogP contribution in [0.25, 0.3) is 0 Å². The molecule has 2 aromatic rings. The van der Waals surface area contributed by atoms with E-state index in [2.05, 4.69) is 0 Å². The molecule has 3 rings (SSSR count). The van der Waals surface area contributed by atoms with Crippen molar-refractivity contribution >= 4 is 5.78 Å². The molecule has 0 aliphatic carbocycles. The van der Waals surface area contributed by atoms with E-state index in [0.717, 1.165) is 11.1 Å². The smallest absolute Gasteiger partial charge is 0.166 e. The Morgan fingerprint density at radius 1 is 0.862 bits per heavy atom. The van der Waals surface area contributed by atoms with Crippen LogP contribution in [0.15, 0.2) is 36.4 Å². The molecule has 2 atom stereocenters. The van der Waals surface area contributed by atoms with Gasteiger partial charge in [-0.1, -0.05) is 12.1 Å². The average Bonchev–Trinajstić information content (AvgIpc) is 3.13. The molecule has 0 amide bonds. The van der Waals surface area contributed by atoms with Gasteiger partial charge in [0.2, 0.25) is 0 Å². The van der Waals surface area contributed by atoms with E-state index in [4.69, 9.17) is 28.4 Å². The van der Waals surface area contributed by atoms with Crippen LogP contribution in [0.3, 0.4) is 0 Å². The summed E-state index contributed by atoms with van der Waals surface area (Å²) in [5.74, 6) is 2.16. The maximum absolute atomic E-state index is 12.4. The molecule has 0 N–H and O–H groups in total. The minimum atomic E-state index is -0.382. The Balaban J connectivity index is 1.67. The van der Waals surface area contributed by atoms with Gasteiger partial charge in [-0.2, -0.15) is 0 Å². The van der Waals surface area contributed by atoms with Crippen LogP contribution in [0.5, 0.6) is 23.0 Å². The predicted molar refractivity (Wildman–Crippen MR) is 106 cm³/mol. The van der Waals surface area contributed by atoms with Crippen LogP contribution in [0.2, 0.25) is 0 Å². The van der Waals surface area contributed by atoms with Crippen molar-refractivity contribution in [3.8, 4) is 23.0 Å². The van der Waals surface area contributed by atoms with Crippen molar-refractivity contribution in [1.82, 2.24) is 0 Å². The molecular weight excluding hydrogens is 376 g/mol. The second-order valence-electron chi connectivity index (χ2n) is 6.62. The lowest BCUT2D eigenvalue weighted by Gasteiger charge is -2.19. The number of hydrogen-bond acceptors (Lipinski definition) is 7. The summed E-state index contributed by atoms with van der Waals surface area (Å²) in [6.07, 6.45) is -0.382. The number of Topliss-reactive ketones (excluding diaryl/α,β-unsaturated/α-hetero) is 1. The van der Waals surface area contributed by atoms with Crippen LogP contribution in [-0.4, -0.2) is 47.4 Å². The lowest BCUT2D eigenvalue weighted by Crippen LogP contribution is -2.21. The number of rotatable bonds is 9. The highest BCUT2D eigenvalue weighted by Gasteiger charge is 2.37. The Hall–Kier alpha value is -2.77. The molecule has 0 radical (unpaired) electrons. The van der Waals surface area contributed by atoms with Crippen molar-refractivity contribution in [1.29, 1.82) is 0 Å². The van der Waals surface area contributed by atoms with Crippen molar-refractivity contribution in [2.75, 3.05) is 41.7 Å². The maximum Gasteiger partial charge on any atom is 0.166 e. The Bertz CT molecular complexity index is 849. The van der Waals surface area contributed by atoms with Gasteiger partial charge in [0.05, 0.1) is 53.7 Å². The lowest BCUT2D eigenvalue weighted by atomic mass is 9.95. The van der Waals surface area contributed by atoms with E-state index in [1.807, 2.05) is 36.4 Å². The molecule has 0 saturated carbocycles. The molecular formula is C22H26O7. The highest BCUT2D eigenvalue weighted by Crippen LogP contribution is 2.37. The van der Waals surface area contributed by atoms with Crippen molar-refractivity contribution in [2.24, 2.45) is 5.92 Å². The van der Waals surface area contributed by atoms with E-state index in [1.54, 1.807) is 28.4 Å². The first-order valence-corrected chi connectivity index (χ1v) is 9.26. The van der Waals surface area contributed by atoms with Crippen molar-refractivity contribution in [3.63, 3.8) is 0 Å². The fourth-order valence-electron chi connectivity index (χ4n) is 3.38. The van der Waals surface area contributed by atoms with Gasteiger partial charge >= 0.3 is 0 Å². The Kier molecular flexibility index (Phi) is 6.95. The molecule has 1 saturated heterocycles.